The van der Waals surface area contributed by atoms with Crippen molar-refractivity contribution in [2.45, 2.75) is 53.1 Å². The van der Waals surface area contributed by atoms with Gasteiger partial charge < -0.3 is 20.3 Å². The molecule has 6 heteroatoms. The third-order valence-corrected chi connectivity index (χ3v) is 4.49. The summed E-state index contributed by atoms with van der Waals surface area (Å²) < 4.78 is 5.46. The maximum atomic E-state index is 5.46. The van der Waals surface area contributed by atoms with Crippen molar-refractivity contribution < 1.29 is 4.74 Å². The maximum absolute atomic E-state index is 5.46. The van der Waals surface area contributed by atoms with E-state index in [2.05, 4.69) is 54.3 Å². The zero-order valence-electron chi connectivity index (χ0n) is 16.8. The molecule has 1 unspecified atom stereocenters. The third kappa shape index (κ3) is 6.83. The fourth-order valence-corrected chi connectivity index (χ4v) is 2.99. The fraction of sp³-hybridized carbons (Fsp3) is 0.700. The van der Waals surface area contributed by atoms with E-state index in [-0.39, 0.29) is 0 Å². The number of anilines is 1. The number of nitrogens with one attached hydrogen (secondary N) is 2. The summed E-state index contributed by atoms with van der Waals surface area (Å²) in [7, 11) is 0. The van der Waals surface area contributed by atoms with Gasteiger partial charge in [-0.1, -0.05) is 19.9 Å². The Kier molecular flexibility index (Phi) is 8.68. The first kappa shape index (κ1) is 20.5. The van der Waals surface area contributed by atoms with E-state index < -0.39 is 0 Å². The SMILES string of the molecule is CCNC(=NCc1cccnc1N1CCOCC1)NC(C)CCC(C)C. The van der Waals surface area contributed by atoms with E-state index in [1.54, 1.807) is 0 Å². The number of ether oxygens (including phenoxy) is 1. The molecule has 0 saturated carbocycles. The van der Waals surface area contributed by atoms with Crippen molar-refractivity contribution in [3.63, 3.8) is 0 Å². The fourth-order valence-electron chi connectivity index (χ4n) is 2.99. The second-order valence-corrected chi connectivity index (χ2v) is 7.30. The van der Waals surface area contributed by atoms with E-state index in [4.69, 9.17) is 9.73 Å². The second-order valence-electron chi connectivity index (χ2n) is 7.30. The van der Waals surface area contributed by atoms with Crippen LogP contribution in [-0.2, 0) is 11.3 Å². The first-order valence-corrected chi connectivity index (χ1v) is 9.91. The number of rotatable bonds is 8. The monoisotopic (exact) mass is 361 g/mol. The maximum Gasteiger partial charge on any atom is 0.191 e. The van der Waals surface area contributed by atoms with E-state index in [9.17, 15) is 0 Å². The smallest absolute Gasteiger partial charge is 0.191 e. The average molecular weight is 362 g/mol. The predicted molar refractivity (Wildman–Crippen MR) is 109 cm³/mol. The molecule has 1 fully saturated rings. The van der Waals surface area contributed by atoms with Crippen LogP contribution in [0, 0.1) is 5.92 Å². The van der Waals surface area contributed by atoms with Crippen LogP contribution in [-0.4, -0.2) is 49.8 Å². The molecule has 1 aliphatic rings. The summed E-state index contributed by atoms with van der Waals surface area (Å²) in [5.74, 6) is 2.63. The molecule has 0 spiro atoms. The molecule has 1 aromatic heterocycles. The molecule has 0 bridgehead atoms. The van der Waals surface area contributed by atoms with Gasteiger partial charge in [0.05, 0.1) is 19.8 Å². The van der Waals surface area contributed by atoms with Gasteiger partial charge in [0.25, 0.3) is 0 Å². The quantitative estimate of drug-likeness (QED) is 0.551. The number of morpholine rings is 1. The molecular weight excluding hydrogens is 326 g/mol. The normalized spacial score (nSPS) is 16.7. The number of aromatic nitrogens is 1. The number of nitrogens with zero attached hydrogens (tertiary/aromatic N) is 3. The number of hydrogen-bond acceptors (Lipinski definition) is 4. The van der Waals surface area contributed by atoms with Gasteiger partial charge in [-0.25, -0.2) is 9.98 Å². The van der Waals surface area contributed by atoms with Gasteiger partial charge >= 0.3 is 0 Å². The Morgan fingerprint density at radius 2 is 2.04 bits per heavy atom. The standard InChI is InChI=1S/C20H35N5O/c1-5-21-20(24-17(4)9-8-16(2)3)23-15-18-7-6-10-22-19(18)25-11-13-26-14-12-25/h6-7,10,16-17H,5,8-9,11-15H2,1-4H3,(H2,21,23,24). The van der Waals surface area contributed by atoms with Crippen LogP contribution in [0.25, 0.3) is 0 Å². The molecule has 0 radical (unpaired) electrons. The first-order chi connectivity index (χ1) is 12.6. The zero-order valence-corrected chi connectivity index (χ0v) is 16.8. The van der Waals surface area contributed by atoms with E-state index in [1.165, 1.54) is 6.42 Å². The minimum absolute atomic E-state index is 0.405. The van der Waals surface area contributed by atoms with Crippen molar-refractivity contribution in [2.24, 2.45) is 10.9 Å². The largest absolute Gasteiger partial charge is 0.378 e. The van der Waals surface area contributed by atoms with Crippen LogP contribution in [0.3, 0.4) is 0 Å². The minimum atomic E-state index is 0.405. The van der Waals surface area contributed by atoms with Crippen LogP contribution < -0.4 is 15.5 Å². The van der Waals surface area contributed by atoms with Gasteiger partial charge in [-0.15, -0.1) is 0 Å². The second kappa shape index (κ2) is 11.0. The van der Waals surface area contributed by atoms with Gasteiger partial charge in [-0.3, -0.25) is 0 Å². The molecule has 1 atom stereocenters. The lowest BCUT2D eigenvalue weighted by molar-refractivity contribution is 0.122. The molecule has 1 saturated heterocycles. The minimum Gasteiger partial charge on any atom is -0.378 e. The van der Waals surface area contributed by atoms with Crippen LogP contribution in [0.15, 0.2) is 23.3 Å². The molecule has 0 aliphatic carbocycles. The van der Waals surface area contributed by atoms with Crippen molar-refractivity contribution >= 4 is 11.8 Å². The van der Waals surface area contributed by atoms with Crippen molar-refractivity contribution in [3.05, 3.63) is 23.9 Å². The van der Waals surface area contributed by atoms with E-state index >= 15 is 0 Å². The molecule has 0 amide bonds. The van der Waals surface area contributed by atoms with E-state index in [0.29, 0.717) is 12.6 Å². The van der Waals surface area contributed by atoms with Gasteiger partial charge in [-0.2, -0.15) is 0 Å². The zero-order chi connectivity index (χ0) is 18.8. The first-order valence-electron chi connectivity index (χ1n) is 9.91. The van der Waals surface area contributed by atoms with Gasteiger partial charge in [-0.05, 0) is 38.7 Å². The molecule has 0 aromatic carbocycles. The van der Waals surface area contributed by atoms with Crippen molar-refractivity contribution in [1.29, 1.82) is 0 Å². The topological polar surface area (TPSA) is 61.8 Å². The van der Waals surface area contributed by atoms with E-state index in [0.717, 1.165) is 62.5 Å². The third-order valence-electron chi connectivity index (χ3n) is 4.49. The number of hydrogen-bond donors (Lipinski definition) is 2. The summed E-state index contributed by atoms with van der Waals surface area (Å²) in [6, 6.07) is 4.51. The van der Waals surface area contributed by atoms with Crippen molar-refractivity contribution in [3.8, 4) is 0 Å². The molecule has 26 heavy (non-hydrogen) atoms. The van der Waals surface area contributed by atoms with Crippen LogP contribution in [0.5, 0.6) is 0 Å². The van der Waals surface area contributed by atoms with Crippen molar-refractivity contribution in [1.82, 2.24) is 15.6 Å². The van der Waals surface area contributed by atoms with Crippen LogP contribution >= 0.6 is 0 Å². The lowest BCUT2D eigenvalue weighted by Gasteiger charge is -2.29. The predicted octanol–water partition coefficient (Wildman–Crippen LogP) is 2.80. The Hall–Kier alpha value is -1.82. The average Bonchev–Trinajstić information content (AvgIpc) is 2.65. The van der Waals surface area contributed by atoms with Gasteiger partial charge in [0.15, 0.2) is 5.96 Å². The summed E-state index contributed by atoms with van der Waals surface area (Å²) in [5.41, 5.74) is 1.15. The van der Waals surface area contributed by atoms with Gasteiger partial charge in [0.2, 0.25) is 0 Å². The molecule has 2 N–H and O–H groups in total. The molecular formula is C20H35N5O. The van der Waals surface area contributed by atoms with Crippen LogP contribution in [0.1, 0.15) is 46.1 Å². The summed E-state index contributed by atoms with van der Waals surface area (Å²) in [6.07, 6.45) is 4.22. The lowest BCUT2D eigenvalue weighted by Crippen LogP contribution is -2.42. The van der Waals surface area contributed by atoms with E-state index in [1.807, 2.05) is 12.3 Å². The molecule has 1 aromatic rings. The highest BCUT2D eigenvalue weighted by Crippen LogP contribution is 2.19. The highest BCUT2D eigenvalue weighted by Gasteiger charge is 2.15. The summed E-state index contributed by atoms with van der Waals surface area (Å²) >= 11 is 0. The van der Waals surface area contributed by atoms with Gasteiger partial charge in [0, 0.05) is 37.4 Å². The Labute approximate surface area is 158 Å². The number of aliphatic imine (C=N–C) groups is 1. The molecule has 2 rings (SSSR count). The van der Waals surface area contributed by atoms with Gasteiger partial charge in [0.1, 0.15) is 5.82 Å². The highest BCUT2D eigenvalue weighted by atomic mass is 16.5. The molecule has 146 valence electrons. The van der Waals surface area contributed by atoms with Crippen molar-refractivity contribution in [2.75, 3.05) is 37.7 Å². The molecule has 2 heterocycles. The number of guanidine groups is 1. The summed E-state index contributed by atoms with van der Waals surface area (Å²) in [6.45, 7) is 13.6. The molecule has 1 aliphatic heterocycles. The Balaban J connectivity index is 2.02. The Morgan fingerprint density at radius 3 is 2.73 bits per heavy atom. The van der Waals surface area contributed by atoms with Crippen LogP contribution in [0.4, 0.5) is 5.82 Å². The molecule has 6 nitrogen and oxygen atoms in total. The highest BCUT2D eigenvalue weighted by molar-refractivity contribution is 5.80. The number of pyridine rings is 1. The lowest BCUT2D eigenvalue weighted by atomic mass is 10.0. The van der Waals surface area contributed by atoms with Crippen LogP contribution in [0.2, 0.25) is 0 Å². The Bertz CT molecular complexity index is 555. The summed E-state index contributed by atoms with van der Waals surface area (Å²) in [4.78, 5) is 11.7. The summed E-state index contributed by atoms with van der Waals surface area (Å²) in [5, 5.41) is 6.88. The Morgan fingerprint density at radius 1 is 1.27 bits per heavy atom.